The fraction of sp³-hybridized carbons (Fsp3) is 0.476. The maximum absolute atomic E-state index is 4.72. The van der Waals surface area contributed by atoms with Crippen LogP contribution in [0, 0.1) is 0 Å². The van der Waals surface area contributed by atoms with Crippen molar-refractivity contribution in [3.63, 3.8) is 0 Å². The van der Waals surface area contributed by atoms with E-state index >= 15 is 0 Å². The van der Waals surface area contributed by atoms with Crippen molar-refractivity contribution in [2.45, 2.75) is 39.3 Å². The molecule has 1 fully saturated rings. The van der Waals surface area contributed by atoms with Crippen LogP contribution in [0.3, 0.4) is 0 Å². The molecule has 1 aromatic heterocycles. The lowest BCUT2D eigenvalue weighted by molar-refractivity contribution is 0.331. The van der Waals surface area contributed by atoms with E-state index < -0.39 is 0 Å². The minimum Gasteiger partial charge on any atom is -0.357 e. The third kappa shape index (κ3) is 7.79. The zero-order chi connectivity index (χ0) is 18.0. The van der Waals surface area contributed by atoms with Crippen LogP contribution in [0.4, 0.5) is 0 Å². The minimum atomic E-state index is 0. The topological polar surface area (TPSA) is 39.7 Å². The molecule has 148 valence electrons. The molecule has 1 aliphatic rings. The Morgan fingerprint density at radius 1 is 1.07 bits per heavy atom. The quantitative estimate of drug-likeness (QED) is 0.325. The van der Waals surface area contributed by atoms with Gasteiger partial charge in [-0.05, 0) is 61.8 Å². The molecule has 2 heterocycles. The Balaban J connectivity index is 0.00000261. The van der Waals surface area contributed by atoms with Gasteiger partial charge in [0.2, 0.25) is 0 Å². The van der Waals surface area contributed by atoms with E-state index in [9.17, 15) is 0 Å². The highest BCUT2D eigenvalue weighted by atomic mass is 127. The van der Waals surface area contributed by atoms with E-state index in [0.29, 0.717) is 6.54 Å². The van der Waals surface area contributed by atoms with E-state index in [1.807, 2.05) is 0 Å². The second-order valence-electron chi connectivity index (χ2n) is 6.75. The molecule has 2 N–H and O–H groups in total. The van der Waals surface area contributed by atoms with Gasteiger partial charge in [0.25, 0.3) is 0 Å². The lowest BCUT2D eigenvalue weighted by Gasteiger charge is -2.14. The molecule has 0 atom stereocenters. The van der Waals surface area contributed by atoms with Crippen molar-refractivity contribution in [1.29, 1.82) is 0 Å². The van der Waals surface area contributed by atoms with E-state index in [4.69, 9.17) is 4.99 Å². The van der Waals surface area contributed by atoms with Gasteiger partial charge in [0, 0.05) is 24.5 Å². The number of likely N-dealkylation sites (tertiary alicyclic amines) is 1. The first-order valence-corrected chi connectivity index (χ1v) is 10.6. The molecular formula is C21H31IN4S. The first-order chi connectivity index (χ1) is 12.8. The molecule has 0 spiro atoms. The maximum Gasteiger partial charge on any atom is 0.191 e. The molecule has 27 heavy (non-hydrogen) atoms. The Hall–Kier alpha value is -1.12. The van der Waals surface area contributed by atoms with Crippen molar-refractivity contribution in [3.05, 3.63) is 57.8 Å². The van der Waals surface area contributed by atoms with E-state index in [2.05, 4.69) is 64.2 Å². The number of benzene rings is 1. The van der Waals surface area contributed by atoms with Crippen LogP contribution < -0.4 is 10.6 Å². The van der Waals surface area contributed by atoms with Crippen molar-refractivity contribution in [2.24, 2.45) is 4.99 Å². The lowest BCUT2D eigenvalue weighted by Crippen LogP contribution is -2.38. The third-order valence-corrected chi connectivity index (χ3v) is 5.57. The van der Waals surface area contributed by atoms with Gasteiger partial charge in [-0.1, -0.05) is 30.3 Å². The van der Waals surface area contributed by atoms with E-state index in [1.165, 1.54) is 41.9 Å². The summed E-state index contributed by atoms with van der Waals surface area (Å²) < 4.78 is 0. The smallest absolute Gasteiger partial charge is 0.191 e. The Bertz CT molecular complexity index is 664. The van der Waals surface area contributed by atoms with Crippen LogP contribution in [0.1, 0.15) is 35.8 Å². The van der Waals surface area contributed by atoms with E-state index in [0.717, 1.165) is 32.0 Å². The average molecular weight is 498 g/mol. The van der Waals surface area contributed by atoms with Crippen LogP contribution in [0.15, 0.2) is 46.8 Å². The summed E-state index contributed by atoms with van der Waals surface area (Å²) in [5, 5.41) is 8.88. The number of guanidine groups is 1. The van der Waals surface area contributed by atoms with Gasteiger partial charge in [-0.3, -0.25) is 4.90 Å². The first kappa shape index (κ1) is 22.2. The first-order valence-electron chi connectivity index (χ1n) is 9.68. The highest BCUT2D eigenvalue weighted by molar-refractivity contribution is 14.0. The molecule has 1 aliphatic heterocycles. The normalized spacial score (nSPS) is 14.8. The van der Waals surface area contributed by atoms with Gasteiger partial charge in [-0.2, -0.15) is 0 Å². The number of hydrogen-bond donors (Lipinski definition) is 2. The zero-order valence-electron chi connectivity index (χ0n) is 16.1. The molecule has 0 aliphatic carbocycles. The molecule has 0 saturated carbocycles. The molecule has 0 bridgehead atoms. The van der Waals surface area contributed by atoms with Gasteiger partial charge in [0.05, 0.1) is 6.54 Å². The number of nitrogens with one attached hydrogen (secondary N) is 2. The predicted octanol–water partition coefficient (Wildman–Crippen LogP) is 4.26. The summed E-state index contributed by atoms with van der Waals surface area (Å²) in [5.74, 6) is 0.894. The molecule has 1 saturated heterocycles. The number of hydrogen-bond acceptors (Lipinski definition) is 3. The number of nitrogens with zero attached hydrogens (tertiary/aromatic N) is 2. The fourth-order valence-electron chi connectivity index (χ4n) is 3.22. The van der Waals surface area contributed by atoms with Crippen LogP contribution in [0.5, 0.6) is 0 Å². The summed E-state index contributed by atoms with van der Waals surface area (Å²) in [7, 11) is 0. The van der Waals surface area contributed by atoms with Crippen LogP contribution in [-0.2, 0) is 19.5 Å². The second-order valence-corrected chi connectivity index (χ2v) is 7.78. The van der Waals surface area contributed by atoms with Crippen LogP contribution in [0.2, 0.25) is 0 Å². The van der Waals surface area contributed by atoms with Crippen LogP contribution in [-0.4, -0.2) is 37.0 Å². The molecule has 4 nitrogen and oxygen atoms in total. The summed E-state index contributed by atoms with van der Waals surface area (Å²) in [6.45, 7) is 8.16. The van der Waals surface area contributed by atoms with Gasteiger partial charge < -0.3 is 10.6 Å². The van der Waals surface area contributed by atoms with Crippen molar-refractivity contribution >= 4 is 41.3 Å². The molecular weight excluding hydrogens is 467 g/mol. The number of aliphatic imine (C=N–C) groups is 1. The zero-order valence-corrected chi connectivity index (χ0v) is 19.3. The van der Waals surface area contributed by atoms with Gasteiger partial charge in [0.1, 0.15) is 0 Å². The second kappa shape index (κ2) is 12.4. The van der Waals surface area contributed by atoms with Gasteiger partial charge in [-0.15, -0.1) is 35.3 Å². The van der Waals surface area contributed by atoms with Gasteiger partial charge in [0.15, 0.2) is 5.96 Å². The average Bonchev–Trinajstić information content (AvgIpc) is 3.35. The van der Waals surface area contributed by atoms with Crippen LogP contribution in [0.25, 0.3) is 0 Å². The molecule has 1 aromatic carbocycles. The lowest BCUT2D eigenvalue weighted by atomic mass is 10.1. The molecule has 2 aromatic rings. The number of rotatable bonds is 8. The molecule has 3 rings (SSSR count). The number of halogens is 1. The van der Waals surface area contributed by atoms with E-state index in [1.54, 1.807) is 11.3 Å². The highest BCUT2D eigenvalue weighted by Crippen LogP contribution is 2.13. The Labute approximate surface area is 184 Å². The van der Waals surface area contributed by atoms with Gasteiger partial charge in [-0.25, -0.2) is 4.99 Å². The summed E-state index contributed by atoms with van der Waals surface area (Å²) in [4.78, 5) is 8.66. The predicted molar refractivity (Wildman–Crippen MR) is 127 cm³/mol. The Kier molecular flexibility index (Phi) is 10.2. The van der Waals surface area contributed by atoms with Gasteiger partial charge >= 0.3 is 0 Å². The highest BCUT2D eigenvalue weighted by Gasteiger charge is 2.11. The van der Waals surface area contributed by atoms with Crippen molar-refractivity contribution in [3.8, 4) is 0 Å². The largest absolute Gasteiger partial charge is 0.357 e. The summed E-state index contributed by atoms with van der Waals surface area (Å²) >= 11 is 1.81. The maximum atomic E-state index is 4.72. The fourth-order valence-corrected chi connectivity index (χ4v) is 3.93. The number of thiophene rings is 1. The molecule has 0 radical (unpaired) electrons. The SMILES string of the molecule is CCNC(=NCc1ccc(CN2CCCC2)cc1)NCCc1cccs1.I. The third-order valence-electron chi connectivity index (χ3n) is 4.64. The Morgan fingerprint density at radius 3 is 2.48 bits per heavy atom. The van der Waals surface area contributed by atoms with Crippen LogP contribution >= 0.6 is 35.3 Å². The van der Waals surface area contributed by atoms with E-state index in [-0.39, 0.29) is 24.0 Å². The minimum absolute atomic E-state index is 0. The molecule has 6 heteroatoms. The van der Waals surface area contributed by atoms with Crippen molar-refractivity contribution < 1.29 is 0 Å². The van der Waals surface area contributed by atoms with Crippen molar-refractivity contribution in [1.82, 2.24) is 15.5 Å². The Morgan fingerprint density at radius 2 is 1.81 bits per heavy atom. The standard InChI is InChI=1S/C21H30N4S.HI/c1-2-22-21(23-12-11-20-6-5-15-26-20)24-16-18-7-9-19(10-8-18)17-25-13-3-4-14-25;/h5-10,15H,2-4,11-14,16-17H2,1H3,(H2,22,23,24);1H. The molecule has 0 amide bonds. The monoisotopic (exact) mass is 498 g/mol. The summed E-state index contributed by atoms with van der Waals surface area (Å²) in [6, 6.07) is 13.2. The summed E-state index contributed by atoms with van der Waals surface area (Å²) in [5.41, 5.74) is 2.66. The summed E-state index contributed by atoms with van der Waals surface area (Å²) in [6.07, 6.45) is 3.73. The molecule has 0 unspecified atom stereocenters. The van der Waals surface area contributed by atoms with Crippen molar-refractivity contribution in [2.75, 3.05) is 26.2 Å².